The largest absolute Gasteiger partial charge is 0.363 e. The van der Waals surface area contributed by atoms with Crippen molar-refractivity contribution in [2.45, 2.75) is 37.1 Å². The molecule has 7 heteroatoms. The molecule has 0 saturated heterocycles. The summed E-state index contributed by atoms with van der Waals surface area (Å²) >= 11 is 1.97. The van der Waals surface area contributed by atoms with Crippen LogP contribution in [0.1, 0.15) is 24.8 Å². The zero-order chi connectivity index (χ0) is 15.9. The average Bonchev–Trinajstić information content (AvgIpc) is 2.99. The Labute approximate surface area is 161 Å². The molecule has 1 aromatic rings. The van der Waals surface area contributed by atoms with Gasteiger partial charge in [-0.3, -0.25) is 4.99 Å². The lowest BCUT2D eigenvalue weighted by atomic mass is 10.2. The van der Waals surface area contributed by atoms with E-state index in [4.69, 9.17) is 0 Å². The van der Waals surface area contributed by atoms with E-state index in [9.17, 15) is 0 Å². The fraction of sp³-hybridized carbons (Fsp3) is 0.625. The molecule has 2 N–H and O–H groups in total. The molecule has 1 heterocycles. The van der Waals surface area contributed by atoms with Gasteiger partial charge >= 0.3 is 0 Å². The van der Waals surface area contributed by atoms with Crippen LogP contribution in [0.5, 0.6) is 0 Å². The highest BCUT2D eigenvalue weighted by molar-refractivity contribution is 14.0. The summed E-state index contributed by atoms with van der Waals surface area (Å²) in [6.45, 7) is 0.752. The highest BCUT2D eigenvalue weighted by atomic mass is 127. The smallest absolute Gasteiger partial charge is 0.191 e. The molecule has 1 fully saturated rings. The second-order valence-corrected chi connectivity index (χ2v) is 6.99. The second kappa shape index (κ2) is 10.2. The maximum Gasteiger partial charge on any atom is 0.191 e. The van der Waals surface area contributed by atoms with Crippen LogP contribution in [0.4, 0.5) is 5.82 Å². The Balaban J connectivity index is 0.00000264. The van der Waals surface area contributed by atoms with Crippen LogP contribution in [0.25, 0.3) is 0 Å². The van der Waals surface area contributed by atoms with Gasteiger partial charge < -0.3 is 15.5 Å². The molecular weight excluding hydrogens is 421 g/mol. The molecule has 2 unspecified atom stereocenters. The third-order valence-electron chi connectivity index (χ3n) is 4.01. The minimum atomic E-state index is 0. The molecule has 0 bridgehead atoms. The van der Waals surface area contributed by atoms with E-state index in [1.54, 1.807) is 0 Å². The van der Waals surface area contributed by atoms with Crippen LogP contribution in [-0.2, 0) is 6.54 Å². The van der Waals surface area contributed by atoms with E-state index >= 15 is 0 Å². The highest BCUT2D eigenvalue weighted by Gasteiger charge is 2.24. The predicted molar refractivity (Wildman–Crippen MR) is 112 cm³/mol. The molecule has 0 aromatic carbocycles. The Morgan fingerprint density at radius 1 is 1.43 bits per heavy atom. The summed E-state index contributed by atoms with van der Waals surface area (Å²) in [5, 5.41) is 7.72. The van der Waals surface area contributed by atoms with Crippen molar-refractivity contribution in [1.29, 1.82) is 0 Å². The number of rotatable bonds is 5. The lowest BCUT2D eigenvalue weighted by molar-refractivity contribution is 0.614. The SMILES string of the molecule is CN=C(NCc1ccnc(N(C)C)c1)NC1CCC(SC)C1.I. The molecule has 1 saturated carbocycles. The maximum absolute atomic E-state index is 4.34. The van der Waals surface area contributed by atoms with E-state index in [-0.39, 0.29) is 24.0 Å². The van der Waals surface area contributed by atoms with Crippen molar-refractivity contribution >= 4 is 47.5 Å². The quantitative estimate of drug-likeness (QED) is 0.412. The Kier molecular flexibility index (Phi) is 9.04. The summed E-state index contributed by atoms with van der Waals surface area (Å²) in [6, 6.07) is 4.67. The van der Waals surface area contributed by atoms with Gasteiger partial charge in [-0.2, -0.15) is 11.8 Å². The van der Waals surface area contributed by atoms with Crippen LogP contribution in [-0.4, -0.2) is 49.6 Å². The van der Waals surface area contributed by atoms with E-state index < -0.39 is 0 Å². The number of hydrogen-bond donors (Lipinski definition) is 2. The van der Waals surface area contributed by atoms with Crippen LogP contribution in [0.15, 0.2) is 23.3 Å². The molecule has 0 aliphatic heterocycles. The average molecular weight is 449 g/mol. The van der Waals surface area contributed by atoms with Gasteiger partial charge in [0.15, 0.2) is 5.96 Å². The van der Waals surface area contributed by atoms with Crippen molar-refractivity contribution in [3.8, 4) is 0 Å². The third-order valence-corrected chi connectivity index (χ3v) is 5.11. The van der Waals surface area contributed by atoms with Crippen LogP contribution >= 0.6 is 35.7 Å². The van der Waals surface area contributed by atoms with E-state index in [1.165, 1.54) is 24.8 Å². The monoisotopic (exact) mass is 449 g/mol. The van der Waals surface area contributed by atoms with Gasteiger partial charge in [0.2, 0.25) is 0 Å². The number of nitrogens with one attached hydrogen (secondary N) is 2. The fourth-order valence-corrected chi connectivity index (χ4v) is 3.47. The van der Waals surface area contributed by atoms with Crippen molar-refractivity contribution in [3.63, 3.8) is 0 Å². The third kappa shape index (κ3) is 6.37. The number of hydrogen-bond acceptors (Lipinski definition) is 4. The van der Waals surface area contributed by atoms with Gasteiger partial charge in [-0.25, -0.2) is 4.98 Å². The summed E-state index contributed by atoms with van der Waals surface area (Å²) in [5.41, 5.74) is 1.20. The molecule has 0 spiro atoms. The molecular formula is C16H28IN5S. The number of nitrogens with zero attached hydrogens (tertiary/aromatic N) is 3. The van der Waals surface area contributed by atoms with Gasteiger partial charge in [0.1, 0.15) is 5.82 Å². The minimum absolute atomic E-state index is 0. The van der Waals surface area contributed by atoms with Gasteiger partial charge in [0.05, 0.1) is 0 Å². The number of aromatic nitrogens is 1. The molecule has 1 aliphatic carbocycles. The minimum Gasteiger partial charge on any atom is -0.363 e. The van der Waals surface area contributed by atoms with Crippen LogP contribution in [0.3, 0.4) is 0 Å². The summed E-state index contributed by atoms with van der Waals surface area (Å²) in [5.74, 6) is 1.86. The highest BCUT2D eigenvalue weighted by Crippen LogP contribution is 2.28. The van der Waals surface area contributed by atoms with Gasteiger partial charge in [0, 0.05) is 45.2 Å². The predicted octanol–water partition coefficient (Wildman–Crippen LogP) is 2.71. The van der Waals surface area contributed by atoms with Crippen LogP contribution < -0.4 is 15.5 Å². The number of thioether (sulfide) groups is 1. The standard InChI is InChI=1S/C16H27N5S.HI/c1-17-16(20-13-5-6-14(10-13)22-4)19-11-12-7-8-18-15(9-12)21(2)3;/h7-9,13-14H,5-6,10-11H2,1-4H3,(H2,17,19,20);1H. The maximum atomic E-state index is 4.34. The molecule has 0 amide bonds. The Bertz CT molecular complexity index is 509. The first-order valence-electron chi connectivity index (χ1n) is 7.74. The second-order valence-electron chi connectivity index (χ2n) is 5.85. The van der Waals surface area contributed by atoms with E-state index in [1.807, 2.05) is 50.1 Å². The first kappa shape index (κ1) is 20.3. The van der Waals surface area contributed by atoms with Gasteiger partial charge in [-0.15, -0.1) is 24.0 Å². The summed E-state index contributed by atoms with van der Waals surface area (Å²) in [7, 11) is 5.83. The molecule has 130 valence electrons. The zero-order valence-corrected chi connectivity index (χ0v) is 17.5. The molecule has 23 heavy (non-hydrogen) atoms. The first-order valence-corrected chi connectivity index (χ1v) is 9.03. The molecule has 2 rings (SSSR count). The lowest BCUT2D eigenvalue weighted by Crippen LogP contribution is -2.42. The van der Waals surface area contributed by atoms with E-state index in [2.05, 4.69) is 32.9 Å². The lowest BCUT2D eigenvalue weighted by Gasteiger charge is -2.18. The topological polar surface area (TPSA) is 52.6 Å². The normalized spacial score (nSPS) is 20.8. The van der Waals surface area contributed by atoms with Crippen molar-refractivity contribution in [3.05, 3.63) is 23.9 Å². The van der Waals surface area contributed by atoms with Gasteiger partial charge in [-0.1, -0.05) is 0 Å². The van der Waals surface area contributed by atoms with E-state index in [0.717, 1.165) is 23.6 Å². The fourth-order valence-electron chi connectivity index (χ4n) is 2.67. The van der Waals surface area contributed by atoms with Gasteiger partial charge in [-0.05, 0) is 43.2 Å². The van der Waals surface area contributed by atoms with Crippen molar-refractivity contribution in [2.24, 2.45) is 4.99 Å². The number of aliphatic imine (C=N–C) groups is 1. The zero-order valence-electron chi connectivity index (χ0n) is 14.4. The molecule has 2 atom stereocenters. The van der Waals surface area contributed by atoms with Crippen LogP contribution in [0, 0.1) is 0 Å². The number of guanidine groups is 1. The summed E-state index contributed by atoms with van der Waals surface area (Å²) < 4.78 is 0. The molecule has 5 nitrogen and oxygen atoms in total. The van der Waals surface area contributed by atoms with Crippen molar-refractivity contribution in [2.75, 3.05) is 32.3 Å². The molecule has 1 aliphatic rings. The first-order chi connectivity index (χ1) is 10.6. The number of pyridine rings is 1. The van der Waals surface area contributed by atoms with Crippen molar-refractivity contribution in [1.82, 2.24) is 15.6 Å². The van der Waals surface area contributed by atoms with Gasteiger partial charge in [0.25, 0.3) is 0 Å². The Morgan fingerprint density at radius 2 is 2.22 bits per heavy atom. The number of halogens is 1. The molecule has 0 radical (unpaired) electrons. The summed E-state index contributed by atoms with van der Waals surface area (Å²) in [4.78, 5) is 10.7. The molecule has 1 aromatic heterocycles. The van der Waals surface area contributed by atoms with Crippen LogP contribution in [0.2, 0.25) is 0 Å². The Hall–Kier alpha value is -0.700. The summed E-state index contributed by atoms with van der Waals surface area (Å²) in [6.07, 6.45) is 7.80. The van der Waals surface area contributed by atoms with E-state index in [0.29, 0.717) is 6.04 Å². The van der Waals surface area contributed by atoms with Crippen molar-refractivity contribution < 1.29 is 0 Å². The number of anilines is 1. The Morgan fingerprint density at radius 3 is 2.83 bits per heavy atom.